The largest absolute Gasteiger partial charge is 0.0654 e. The van der Waals surface area contributed by atoms with E-state index in [0.717, 1.165) is 0 Å². The van der Waals surface area contributed by atoms with Crippen LogP contribution < -0.4 is 0 Å². The lowest BCUT2D eigenvalue weighted by Gasteiger charge is -2.02. The molecule has 25 heavy (non-hydrogen) atoms. The monoisotopic (exact) mass is 352 g/mol. The lowest BCUT2D eigenvalue weighted by Crippen LogP contribution is -1.82. The third-order valence-electron chi connectivity index (χ3n) is 4.52. The third kappa shape index (κ3) is 45.4. The first-order valence-corrected chi connectivity index (χ1v) is 12.4. The molecule has 0 bridgehead atoms. The minimum absolute atomic E-state index is 1.37. The summed E-state index contributed by atoms with van der Waals surface area (Å²) in [6.07, 6.45) is 33.9. The summed E-state index contributed by atoms with van der Waals surface area (Å²) in [5.74, 6) is 0. The SMILES string of the molecule is C1CC1.C1CC1.C1CC1.CCCCCCCCCCCCCCCC. The molecule has 3 aliphatic rings. The van der Waals surface area contributed by atoms with Crippen LogP contribution in [0.4, 0.5) is 0 Å². The van der Waals surface area contributed by atoms with Gasteiger partial charge in [-0.3, -0.25) is 0 Å². The van der Waals surface area contributed by atoms with E-state index < -0.39 is 0 Å². The van der Waals surface area contributed by atoms with Gasteiger partial charge in [0.2, 0.25) is 0 Å². The van der Waals surface area contributed by atoms with Crippen LogP contribution in [-0.2, 0) is 0 Å². The lowest BCUT2D eigenvalue weighted by atomic mass is 10.0. The van der Waals surface area contributed by atoms with Crippen LogP contribution in [-0.4, -0.2) is 0 Å². The predicted molar refractivity (Wildman–Crippen MR) is 118 cm³/mol. The Hall–Kier alpha value is 0. The smallest absolute Gasteiger partial charge is 0.0533 e. The number of hydrogen-bond acceptors (Lipinski definition) is 0. The van der Waals surface area contributed by atoms with Gasteiger partial charge in [0.1, 0.15) is 0 Å². The first-order chi connectivity index (χ1) is 12.4. The maximum absolute atomic E-state index is 2.29. The van der Waals surface area contributed by atoms with Crippen LogP contribution in [0.1, 0.15) is 162 Å². The van der Waals surface area contributed by atoms with Crippen LogP contribution in [0.15, 0.2) is 0 Å². The molecule has 0 saturated heterocycles. The van der Waals surface area contributed by atoms with Gasteiger partial charge in [0.05, 0.1) is 0 Å². The average Bonchev–Trinajstić information content (AvgIpc) is 3.51. The Morgan fingerprint density at radius 1 is 0.280 bits per heavy atom. The molecule has 0 heterocycles. The third-order valence-corrected chi connectivity index (χ3v) is 4.52. The fourth-order valence-corrected chi connectivity index (χ4v) is 2.27. The molecular weight excluding hydrogens is 300 g/mol. The van der Waals surface area contributed by atoms with Crippen molar-refractivity contribution in [2.24, 2.45) is 0 Å². The van der Waals surface area contributed by atoms with Crippen LogP contribution in [0.3, 0.4) is 0 Å². The Bertz CT molecular complexity index is 166. The highest BCUT2D eigenvalue weighted by Crippen LogP contribution is 2.15. The van der Waals surface area contributed by atoms with Crippen molar-refractivity contribution in [3.63, 3.8) is 0 Å². The first-order valence-electron chi connectivity index (χ1n) is 12.4. The fourth-order valence-electron chi connectivity index (χ4n) is 2.27. The van der Waals surface area contributed by atoms with Crippen molar-refractivity contribution in [2.45, 2.75) is 162 Å². The van der Waals surface area contributed by atoms with Gasteiger partial charge < -0.3 is 0 Å². The maximum atomic E-state index is 2.29. The van der Waals surface area contributed by atoms with Gasteiger partial charge in [0, 0.05) is 0 Å². The van der Waals surface area contributed by atoms with E-state index in [4.69, 9.17) is 0 Å². The topological polar surface area (TPSA) is 0 Å². The molecule has 0 aromatic heterocycles. The van der Waals surface area contributed by atoms with Gasteiger partial charge in [-0.05, 0) is 0 Å². The van der Waals surface area contributed by atoms with Crippen molar-refractivity contribution < 1.29 is 0 Å². The maximum Gasteiger partial charge on any atom is -0.0533 e. The molecule has 3 saturated carbocycles. The quantitative estimate of drug-likeness (QED) is 0.289. The Morgan fingerprint density at radius 2 is 0.440 bits per heavy atom. The summed E-state index contributed by atoms with van der Waals surface area (Å²) in [4.78, 5) is 0. The van der Waals surface area contributed by atoms with Crippen molar-refractivity contribution in [3.8, 4) is 0 Å². The van der Waals surface area contributed by atoms with Crippen molar-refractivity contribution in [1.82, 2.24) is 0 Å². The zero-order valence-electron chi connectivity index (χ0n) is 18.3. The van der Waals surface area contributed by atoms with Gasteiger partial charge >= 0.3 is 0 Å². The second kappa shape index (κ2) is 24.0. The molecule has 0 heteroatoms. The van der Waals surface area contributed by atoms with E-state index in [-0.39, 0.29) is 0 Å². The summed E-state index contributed by atoms with van der Waals surface area (Å²) in [6.45, 7) is 4.58. The molecule has 0 aromatic carbocycles. The number of unbranched alkanes of at least 4 members (excludes halogenated alkanes) is 13. The highest BCUT2D eigenvalue weighted by molar-refractivity contribution is 4.51. The molecule has 0 amide bonds. The minimum Gasteiger partial charge on any atom is -0.0654 e. The predicted octanol–water partition coefficient (Wildman–Crippen LogP) is 10.00. The van der Waals surface area contributed by atoms with E-state index in [9.17, 15) is 0 Å². The van der Waals surface area contributed by atoms with E-state index in [1.165, 1.54) is 148 Å². The van der Waals surface area contributed by atoms with E-state index >= 15 is 0 Å². The number of hydrogen-bond donors (Lipinski definition) is 0. The molecule has 0 nitrogen and oxygen atoms in total. The average molecular weight is 353 g/mol. The standard InChI is InChI=1S/C16H34.3C3H6/c1-3-5-7-9-11-13-15-16-14-12-10-8-6-4-2;3*1-2-3-1/h3-16H2,1-2H3;3*1-3H2. The van der Waals surface area contributed by atoms with Gasteiger partial charge in [0.15, 0.2) is 0 Å². The Kier molecular flexibility index (Phi) is 24.0. The first kappa shape index (κ1) is 25.0. The lowest BCUT2D eigenvalue weighted by molar-refractivity contribution is 0.538. The molecule has 3 aliphatic carbocycles. The minimum atomic E-state index is 1.37. The number of rotatable bonds is 13. The van der Waals surface area contributed by atoms with Gasteiger partial charge in [-0.1, -0.05) is 162 Å². The van der Waals surface area contributed by atoms with E-state index in [0.29, 0.717) is 0 Å². The summed E-state index contributed by atoms with van der Waals surface area (Å²) < 4.78 is 0. The second-order valence-electron chi connectivity index (χ2n) is 8.42. The molecule has 3 rings (SSSR count). The van der Waals surface area contributed by atoms with Crippen molar-refractivity contribution in [2.75, 3.05) is 0 Å². The van der Waals surface area contributed by atoms with Gasteiger partial charge in [-0.15, -0.1) is 0 Å². The normalized spacial score (nSPS) is 15.6. The molecule has 0 atom stereocenters. The molecule has 0 aromatic rings. The molecule has 152 valence electrons. The molecule has 0 unspecified atom stereocenters. The van der Waals surface area contributed by atoms with Crippen LogP contribution in [0.2, 0.25) is 0 Å². The summed E-state index contributed by atoms with van der Waals surface area (Å²) in [7, 11) is 0. The zero-order chi connectivity index (χ0) is 18.3. The molecule has 0 spiro atoms. The molecule has 0 N–H and O–H groups in total. The zero-order valence-corrected chi connectivity index (χ0v) is 18.3. The summed E-state index contributed by atoms with van der Waals surface area (Å²) in [6, 6.07) is 0. The van der Waals surface area contributed by atoms with Crippen LogP contribution in [0, 0.1) is 0 Å². The molecule has 0 aliphatic heterocycles. The Labute approximate surface area is 161 Å². The summed E-state index contributed by atoms with van der Waals surface area (Å²) >= 11 is 0. The molecular formula is C25H52. The van der Waals surface area contributed by atoms with Crippen LogP contribution >= 0.6 is 0 Å². The molecule has 0 radical (unpaired) electrons. The van der Waals surface area contributed by atoms with E-state index in [2.05, 4.69) is 13.8 Å². The fraction of sp³-hybridized carbons (Fsp3) is 1.00. The van der Waals surface area contributed by atoms with Crippen molar-refractivity contribution >= 4 is 0 Å². The van der Waals surface area contributed by atoms with Crippen LogP contribution in [0.25, 0.3) is 0 Å². The van der Waals surface area contributed by atoms with E-state index in [1.54, 1.807) is 0 Å². The summed E-state index contributed by atoms with van der Waals surface area (Å²) in [5, 5.41) is 0. The molecule has 3 fully saturated rings. The van der Waals surface area contributed by atoms with Crippen molar-refractivity contribution in [1.29, 1.82) is 0 Å². The summed E-state index contributed by atoms with van der Waals surface area (Å²) in [5.41, 5.74) is 0. The van der Waals surface area contributed by atoms with Gasteiger partial charge in [-0.2, -0.15) is 0 Å². The second-order valence-corrected chi connectivity index (χ2v) is 8.42. The Morgan fingerprint density at radius 3 is 0.560 bits per heavy atom. The highest BCUT2D eigenvalue weighted by atomic mass is 14.0. The highest BCUT2D eigenvalue weighted by Gasteiger charge is 1.96. The Balaban J connectivity index is 0.000000498. The van der Waals surface area contributed by atoms with Crippen molar-refractivity contribution in [3.05, 3.63) is 0 Å². The van der Waals surface area contributed by atoms with Crippen LogP contribution in [0.5, 0.6) is 0 Å². The van der Waals surface area contributed by atoms with Gasteiger partial charge in [-0.25, -0.2) is 0 Å². The van der Waals surface area contributed by atoms with E-state index in [1.807, 2.05) is 0 Å². The van der Waals surface area contributed by atoms with Gasteiger partial charge in [0.25, 0.3) is 0 Å².